The van der Waals surface area contributed by atoms with E-state index in [2.05, 4.69) is 93.7 Å². The van der Waals surface area contributed by atoms with Gasteiger partial charge in [-0.3, -0.25) is 4.90 Å². The summed E-state index contributed by atoms with van der Waals surface area (Å²) in [7, 11) is 4.35. The Kier molecular flexibility index (Phi) is 16.4. The number of imidazole rings is 1. The van der Waals surface area contributed by atoms with Gasteiger partial charge in [0.2, 0.25) is 0 Å². The summed E-state index contributed by atoms with van der Waals surface area (Å²) in [4.78, 5) is 20.4. The normalized spacial score (nSPS) is 18.3. The molecule has 2 unspecified atom stereocenters. The molecule has 3 aliphatic rings. The van der Waals surface area contributed by atoms with Crippen molar-refractivity contribution in [2.75, 3.05) is 92.8 Å². The first-order valence-electron chi connectivity index (χ1n) is 23.0. The molecule has 0 aliphatic carbocycles. The highest BCUT2D eigenvalue weighted by molar-refractivity contribution is 7.18. The fourth-order valence-electron chi connectivity index (χ4n) is 8.50. The third-order valence-corrected chi connectivity index (χ3v) is 13.3. The van der Waals surface area contributed by atoms with Gasteiger partial charge in [-0.1, -0.05) is 48.5 Å². The number of nitrogens with zero attached hydrogens (tertiary/aromatic N) is 5. The van der Waals surface area contributed by atoms with Crippen LogP contribution in [0.4, 0.5) is 0 Å². The molecule has 3 saturated heterocycles. The van der Waals surface area contributed by atoms with Crippen molar-refractivity contribution in [3.63, 3.8) is 0 Å². The number of para-hydroxylation sites is 3. The first kappa shape index (κ1) is 45.1. The summed E-state index contributed by atoms with van der Waals surface area (Å²) in [6.07, 6.45) is 6.14. The van der Waals surface area contributed by atoms with Crippen LogP contribution in [0.1, 0.15) is 72.7 Å². The number of aromatic amines is 1. The van der Waals surface area contributed by atoms with Crippen molar-refractivity contribution in [3.05, 3.63) is 119 Å². The summed E-state index contributed by atoms with van der Waals surface area (Å²) < 4.78 is 26.7. The molecule has 2 aromatic heterocycles. The number of ether oxygens (including phenoxy) is 4. The zero-order chi connectivity index (χ0) is 43.2. The number of rotatable bonds is 17. The molecule has 336 valence electrons. The molecule has 0 bridgehead atoms. The first-order valence-corrected chi connectivity index (χ1v) is 23.9. The number of nitrogens with one attached hydrogen (secondary N) is 2. The van der Waals surface area contributed by atoms with Crippen molar-refractivity contribution in [1.82, 2.24) is 35.0 Å². The van der Waals surface area contributed by atoms with E-state index in [0.29, 0.717) is 19.8 Å². The number of fused-ring (bicyclic) bond motifs is 2. The molecule has 9 rings (SSSR count). The monoisotopic (exact) mass is 874 g/mol. The van der Waals surface area contributed by atoms with Gasteiger partial charge in [0.25, 0.3) is 0 Å². The molecule has 0 radical (unpaired) electrons. The zero-order valence-corrected chi connectivity index (χ0v) is 37.9. The van der Waals surface area contributed by atoms with Crippen LogP contribution >= 0.6 is 11.3 Å². The molecule has 3 aliphatic heterocycles. The van der Waals surface area contributed by atoms with Crippen molar-refractivity contribution in [3.8, 4) is 11.5 Å². The van der Waals surface area contributed by atoms with Gasteiger partial charge in [-0.15, -0.1) is 11.3 Å². The highest BCUT2D eigenvalue weighted by Gasteiger charge is 2.28. The minimum Gasteiger partial charge on any atom is -0.494 e. The molecule has 5 heterocycles. The molecule has 13 heteroatoms. The van der Waals surface area contributed by atoms with Crippen molar-refractivity contribution in [2.45, 2.75) is 62.9 Å². The second kappa shape index (κ2) is 23.0. The predicted octanol–water partition coefficient (Wildman–Crippen LogP) is 7.66. The van der Waals surface area contributed by atoms with Gasteiger partial charge >= 0.3 is 0 Å². The van der Waals surface area contributed by atoms with E-state index in [0.717, 1.165) is 147 Å². The SMILES string of the molecule is CN1CCC(OC(c2cccc(OCCCCN)c2)c2nc3ccccc3[nH]2)CC1.CN1CCC(OC(c2cccc(OCCN3CCNCC3)c2)c2nc3ccccc3s2)CC1. The van der Waals surface area contributed by atoms with Crippen molar-refractivity contribution < 1.29 is 18.9 Å². The summed E-state index contributed by atoms with van der Waals surface area (Å²) in [6.45, 7) is 11.6. The lowest BCUT2D eigenvalue weighted by Gasteiger charge is -2.31. The quantitative estimate of drug-likeness (QED) is 0.0783. The Morgan fingerprint density at radius 1 is 0.667 bits per heavy atom. The van der Waals surface area contributed by atoms with Gasteiger partial charge in [0.05, 0.1) is 40.1 Å². The van der Waals surface area contributed by atoms with E-state index in [1.165, 1.54) is 4.70 Å². The number of H-pyrrole nitrogens is 1. The van der Waals surface area contributed by atoms with Crippen LogP contribution in [0.25, 0.3) is 21.3 Å². The van der Waals surface area contributed by atoms with E-state index in [1.807, 2.05) is 42.5 Å². The van der Waals surface area contributed by atoms with E-state index < -0.39 is 0 Å². The molecule has 6 aromatic rings. The summed E-state index contributed by atoms with van der Waals surface area (Å²) >= 11 is 1.73. The smallest absolute Gasteiger partial charge is 0.141 e. The predicted molar refractivity (Wildman–Crippen MR) is 254 cm³/mol. The van der Waals surface area contributed by atoms with Crippen LogP contribution in [0.15, 0.2) is 97.1 Å². The Balaban J connectivity index is 0.000000174. The van der Waals surface area contributed by atoms with Crippen LogP contribution in [0.2, 0.25) is 0 Å². The minimum absolute atomic E-state index is 0.174. The molecule has 0 spiro atoms. The standard InChI is InChI=1S/C26H34N4O2S.C24H32N4O2/c1-29-13-9-21(10-14-29)32-25(26-28-23-7-2-3-8-24(23)33-26)20-5-4-6-22(19-20)31-18-17-30-15-11-27-12-16-30;1-28-14-11-19(12-15-28)30-23(24-26-21-9-2-3-10-22(21)27-24)18-7-6-8-20(17-18)29-16-5-4-13-25/h2-8,19,21,25,27H,9-18H2,1H3;2-3,6-10,17,19,23H,4-5,11-16,25H2,1H3,(H,26,27). The number of hydrogen-bond donors (Lipinski definition) is 3. The number of hydrogen-bond acceptors (Lipinski definition) is 12. The molecular weight excluding hydrogens is 809 g/mol. The molecule has 0 amide bonds. The maximum absolute atomic E-state index is 6.75. The average molecular weight is 875 g/mol. The molecule has 3 fully saturated rings. The number of aromatic nitrogens is 3. The van der Waals surface area contributed by atoms with Crippen molar-refractivity contribution >= 4 is 32.6 Å². The Hall–Kier alpha value is -4.44. The van der Waals surface area contributed by atoms with E-state index in [1.54, 1.807) is 11.3 Å². The summed E-state index contributed by atoms with van der Waals surface area (Å²) in [5.74, 6) is 2.61. The highest BCUT2D eigenvalue weighted by Crippen LogP contribution is 2.36. The van der Waals surface area contributed by atoms with Crippen molar-refractivity contribution in [1.29, 1.82) is 0 Å². The number of likely N-dealkylation sites (tertiary alicyclic amines) is 2. The maximum atomic E-state index is 6.75. The largest absolute Gasteiger partial charge is 0.494 e. The number of thiazole rings is 1. The van der Waals surface area contributed by atoms with Gasteiger partial charge < -0.3 is 44.8 Å². The zero-order valence-electron chi connectivity index (χ0n) is 37.1. The Morgan fingerprint density at radius 2 is 1.27 bits per heavy atom. The second-order valence-electron chi connectivity index (χ2n) is 17.1. The Labute approximate surface area is 377 Å². The average Bonchev–Trinajstić information content (AvgIpc) is 3.96. The minimum atomic E-state index is -0.251. The second-order valence-corrected chi connectivity index (χ2v) is 18.2. The third-order valence-electron chi connectivity index (χ3n) is 12.3. The third kappa shape index (κ3) is 12.9. The lowest BCUT2D eigenvalue weighted by Crippen LogP contribution is -2.44. The molecule has 4 aromatic carbocycles. The summed E-state index contributed by atoms with van der Waals surface area (Å²) in [5.41, 5.74) is 10.8. The summed E-state index contributed by atoms with van der Waals surface area (Å²) in [5, 5.41) is 4.42. The van der Waals surface area contributed by atoms with Gasteiger partial charge in [0, 0.05) is 58.9 Å². The van der Waals surface area contributed by atoms with Crippen LogP contribution in [-0.2, 0) is 9.47 Å². The maximum Gasteiger partial charge on any atom is 0.141 e. The van der Waals surface area contributed by atoms with Crippen LogP contribution < -0.4 is 20.5 Å². The van der Waals surface area contributed by atoms with E-state index in [9.17, 15) is 0 Å². The Bertz CT molecular complexity index is 2220. The number of piperidine rings is 2. The molecule has 2 atom stereocenters. The summed E-state index contributed by atoms with van der Waals surface area (Å²) in [6, 6.07) is 33.1. The molecule has 63 heavy (non-hydrogen) atoms. The van der Waals surface area contributed by atoms with Gasteiger partial charge in [-0.05, 0) is 119 Å². The van der Waals surface area contributed by atoms with Gasteiger partial charge in [0.1, 0.15) is 41.1 Å². The number of nitrogens with two attached hydrogens (primary N) is 1. The van der Waals surface area contributed by atoms with E-state index >= 15 is 0 Å². The van der Waals surface area contributed by atoms with Crippen LogP contribution in [-0.4, -0.2) is 135 Å². The lowest BCUT2D eigenvalue weighted by atomic mass is 10.1. The van der Waals surface area contributed by atoms with Gasteiger partial charge in [0.15, 0.2) is 0 Å². The van der Waals surface area contributed by atoms with Crippen molar-refractivity contribution in [2.24, 2.45) is 5.73 Å². The van der Waals surface area contributed by atoms with Crippen LogP contribution in [0.3, 0.4) is 0 Å². The molecular formula is C50H66N8O4S. The van der Waals surface area contributed by atoms with Crippen LogP contribution in [0, 0.1) is 0 Å². The highest BCUT2D eigenvalue weighted by atomic mass is 32.1. The molecule has 0 saturated carbocycles. The fraction of sp³-hybridized carbons (Fsp3) is 0.480. The van der Waals surface area contributed by atoms with E-state index in [4.69, 9.17) is 34.6 Å². The van der Waals surface area contributed by atoms with E-state index in [-0.39, 0.29) is 24.4 Å². The fourth-order valence-corrected chi connectivity index (χ4v) is 9.54. The number of unbranched alkanes of at least 4 members (excludes halogenated alkanes) is 1. The molecule has 12 nitrogen and oxygen atoms in total. The topological polar surface area (TPSA) is 126 Å². The first-order chi connectivity index (χ1) is 31.0. The number of piperazine rings is 1. The van der Waals surface area contributed by atoms with Gasteiger partial charge in [-0.25, -0.2) is 9.97 Å². The van der Waals surface area contributed by atoms with Crippen LogP contribution in [0.5, 0.6) is 11.5 Å². The Morgan fingerprint density at radius 3 is 1.92 bits per heavy atom. The van der Waals surface area contributed by atoms with Gasteiger partial charge in [-0.2, -0.15) is 0 Å². The molecule has 4 N–H and O–H groups in total. The lowest BCUT2D eigenvalue weighted by molar-refractivity contribution is -0.0265. The number of benzene rings is 4.